The molecule has 4 rings (SSSR count). The Hall–Kier alpha value is -1.00. The normalized spacial score (nSPS) is 37.9. The van der Waals surface area contributed by atoms with Gasteiger partial charge in [0.2, 0.25) is 0 Å². The summed E-state index contributed by atoms with van der Waals surface area (Å²) in [4.78, 5) is 2.36. The summed E-state index contributed by atoms with van der Waals surface area (Å²) in [5, 5.41) is 0. The third-order valence-electron chi connectivity index (χ3n) is 8.38. The molecule has 4 aliphatic rings. The SMILES string of the molecule is CC#C[C@@H]1CC[C@H]2[C@@H]3CCC4=CCCCC4=C3[C@@H](CCCN(C)C)C[C@]12C. The van der Waals surface area contributed by atoms with Crippen LogP contribution in [0.3, 0.4) is 0 Å². The second-order valence-corrected chi connectivity index (χ2v) is 10.2. The van der Waals surface area contributed by atoms with Crippen LogP contribution in [0, 0.1) is 40.9 Å². The van der Waals surface area contributed by atoms with Crippen molar-refractivity contribution in [3.63, 3.8) is 0 Å². The molecule has 0 unspecified atom stereocenters. The Morgan fingerprint density at radius 1 is 1.19 bits per heavy atom. The van der Waals surface area contributed by atoms with Crippen molar-refractivity contribution in [3.05, 3.63) is 22.8 Å². The Morgan fingerprint density at radius 2 is 2.04 bits per heavy atom. The molecule has 5 atom stereocenters. The van der Waals surface area contributed by atoms with Crippen molar-refractivity contribution in [2.24, 2.45) is 29.1 Å². The summed E-state index contributed by atoms with van der Waals surface area (Å²) < 4.78 is 0. The molecule has 1 heteroatoms. The standard InChI is InChI=1S/C26H39N/c1-5-9-21-14-16-24-23-15-13-19-10-6-7-12-22(19)25(23)20(18-26(21,24)2)11-8-17-27(3)4/h10,20-21,23-24H,6-8,11-18H2,1-4H3/t20-,21+,23-,24-,26+/m0/s1. The van der Waals surface area contributed by atoms with Crippen molar-refractivity contribution < 1.29 is 0 Å². The zero-order valence-corrected chi connectivity index (χ0v) is 18.1. The van der Waals surface area contributed by atoms with E-state index in [2.05, 4.69) is 43.8 Å². The summed E-state index contributed by atoms with van der Waals surface area (Å²) in [7, 11) is 4.44. The molecular formula is C26H39N. The van der Waals surface area contributed by atoms with Crippen LogP contribution >= 0.6 is 0 Å². The maximum atomic E-state index is 3.65. The third-order valence-corrected chi connectivity index (χ3v) is 8.38. The van der Waals surface area contributed by atoms with E-state index in [4.69, 9.17) is 0 Å². The molecule has 0 N–H and O–H groups in total. The van der Waals surface area contributed by atoms with Crippen LogP contribution in [0.1, 0.15) is 78.1 Å². The number of hydrogen-bond acceptors (Lipinski definition) is 1. The minimum atomic E-state index is 0.455. The Kier molecular flexibility index (Phi) is 5.57. The number of fused-ring (bicyclic) bond motifs is 4. The summed E-state index contributed by atoms with van der Waals surface area (Å²) in [6, 6.07) is 0. The van der Waals surface area contributed by atoms with Crippen molar-refractivity contribution in [2.45, 2.75) is 78.1 Å². The molecule has 0 aromatic rings. The summed E-state index contributed by atoms with van der Waals surface area (Å²) in [5.41, 5.74) is 5.98. The summed E-state index contributed by atoms with van der Waals surface area (Å²) >= 11 is 0. The van der Waals surface area contributed by atoms with Crippen LogP contribution < -0.4 is 0 Å². The Bertz CT molecular complexity index is 685. The second kappa shape index (κ2) is 7.79. The molecule has 4 aliphatic carbocycles. The molecule has 0 aromatic carbocycles. The zero-order chi connectivity index (χ0) is 19.0. The number of rotatable bonds is 4. The van der Waals surface area contributed by atoms with Crippen molar-refractivity contribution in [2.75, 3.05) is 20.6 Å². The van der Waals surface area contributed by atoms with Crippen molar-refractivity contribution in [3.8, 4) is 11.8 Å². The second-order valence-electron chi connectivity index (χ2n) is 10.2. The minimum absolute atomic E-state index is 0.455. The van der Waals surface area contributed by atoms with E-state index < -0.39 is 0 Å². The van der Waals surface area contributed by atoms with Crippen LogP contribution in [0.4, 0.5) is 0 Å². The lowest BCUT2D eigenvalue weighted by Gasteiger charge is -2.52. The number of nitrogens with zero attached hydrogens (tertiary/aromatic N) is 1. The predicted octanol–water partition coefficient (Wildman–Crippen LogP) is 6.22. The van der Waals surface area contributed by atoms with E-state index in [0.717, 1.165) is 17.8 Å². The van der Waals surface area contributed by atoms with Gasteiger partial charge in [-0.25, -0.2) is 0 Å². The van der Waals surface area contributed by atoms with Crippen molar-refractivity contribution in [1.82, 2.24) is 4.90 Å². The fourth-order valence-corrected chi connectivity index (χ4v) is 7.26. The van der Waals surface area contributed by atoms with Crippen LogP contribution in [0.15, 0.2) is 22.8 Å². The summed E-state index contributed by atoms with van der Waals surface area (Å²) in [6.07, 6.45) is 16.3. The van der Waals surface area contributed by atoms with E-state index in [1.807, 2.05) is 18.1 Å². The highest BCUT2D eigenvalue weighted by atomic mass is 15.0. The minimum Gasteiger partial charge on any atom is -0.309 e. The van der Waals surface area contributed by atoms with Gasteiger partial charge in [-0.05, 0) is 126 Å². The first-order valence-electron chi connectivity index (χ1n) is 11.5. The van der Waals surface area contributed by atoms with E-state index in [1.165, 1.54) is 70.8 Å². The van der Waals surface area contributed by atoms with Gasteiger partial charge in [0.05, 0.1) is 0 Å². The van der Waals surface area contributed by atoms with E-state index >= 15 is 0 Å². The highest BCUT2D eigenvalue weighted by Gasteiger charge is 2.55. The van der Waals surface area contributed by atoms with Gasteiger partial charge in [-0.1, -0.05) is 24.5 Å². The fourth-order valence-electron chi connectivity index (χ4n) is 7.26. The molecule has 2 saturated carbocycles. The molecule has 0 heterocycles. The first kappa shape index (κ1) is 19.3. The molecule has 0 bridgehead atoms. The van der Waals surface area contributed by atoms with Crippen LogP contribution in [0.25, 0.3) is 0 Å². The highest BCUT2D eigenvalue weighted by molar-refractivity contribution is 5.44. The molecule has 0 saturated heterocycles. The summed E-state index contributed by atoms with van der Waals surface area (Å²) in [6.45, 7) is 5.89. The van der Waals surface area contributed by atoms with Gasteiger partial charge in [0, 0.05) is 5.92 Å². The molecule has 1 nitrogen and oxygen atoms in total. The molecule has 0 spiro atoms. The topological polar surface area (TPSA) is 3.24 Å². The largest absolute Gasteiger partial charge is 0.309 e. The van der Waals surface area contributed by atoms with Crippen LogP contribution in [-0.2, 0) is 0 Å². The Labute approximate surface area is 167 Å². The van der Waals surface area contributed by atoms with E-state index in [1.54, 1.807) is 5.57 Å². The average molecular weight is 366 g/mol. The van der Waals surface area contributed by atoms with Gasteiger partial charge in [-0.3, -0.25) is 0 Å². The van der Waals surface area contributed by atoms with E-state index in [9.17, 15) is 0 Å². The fraction of sp³-hybridized carbons (Fsp3) is 0.769. The van der Waals surface area contributed by atoms with Crippen molar-refractivity contribution in [1.29, 1.82) is 0 Å². The maximum absolute atomic E-state index is 3.65. The smallest absolute Gasteiger partial charge is 0.0259 e. The van der Waals surface area contributed by atoms with Gasteiger partial charge in [0.25, 0.3) is 0 Å². The van der Waals surface area contributed by atoms with Crippen LogP contribution in [-0.4, -0.2) is 25.5 Å². The first-order valence-corrected chi connectivity index (χ1v) is 11.5. The van der Waals surface area contributed by atoms with E-state index in [-0.39, 0.29) is 0 Å². The monoisotopic (exact) mass is 365 g/mol. The van der Waals surface area contributed by atoms with Gasteiger partial charge < -0.3 is 4.90 Å². The van der Waals surface area contributed by atoms with E-state index in [0.29, 0.717) is 11.3 Å². The lowest BCUT2D eigenvalue weighted by molar-refractivity contribution is 0.0620. The van der Waals surface area contributed by atoms with Gasteiger partial charge >= 0.3 is 0 Å². The summed E-state index contributed by atoms with van der Waals surface area (Å²) in [5.74, 6) is 10.1. The average Bonchev–Trinajstić information content (AvgIpc) is 2.97. The number of hydrogen-bond donors (Lipinski definition) is 0. The Morgan fingerprint density at radius 3 is 2.81 bits per heavy atom. The maximum Gasteiger partial charge on any atom is 0.0259 e. The van der Waals surface area contributed by atoms with Gasteiger partial charge in [-0.15, -0.1) is 5.92 Å². The molecule has 2 fully saturated rings. The van der Waals surface area contributed by atoms with Crippen LogP contribution in [0.2, 0.25) is 0 Å². The predicted molar refractivity (Wildman–Crippen MR) is 115 cm³/mol. The first-order chi connectivity index (χ1) is 13.0. The lowest BCUT2D eigenvalue weighted by atomic mass is 9.52. The van der Waals surface area contributed by atoms with Gasteiger partial charge in [0.1, 0.15) is 0 Å². The quantitative estimate of drug-likeness (QED) is 0.534. The molecule has 0 aliphatic heterocycles. The van der Waals surface area contributed by atoms with Gasteiger partial charge in [0.15, 0.2) is 0 Å². The molecule has 148 valence electrons. The molecule has 0 amide bonds. The highest BCUT2D eigenvalue weighted by Crippen LogP contribution is 2.64. The zero-order valence-electron chi connectivity index (χ0n) is 18.1. The molecule has 0 radical (unpaired) electrons. The third kappa shape index (κ3) is 3.44. The van der Waals surface area contributed by atoms with Gasteiger partial charge in [-0.2, -0.15) is 0 Å². The van der Waals surface area contributed by atoms with Crippen molar-refractivity contribution >= 4 is 0 Å². The molecule has 27 heavy (non-hydrogen) atoms. The van der Waals surface area contributed by atoms with Crippen LogP contribution in [0.5, 0.6) is 0 Å². The lowest BCUT2D eigenvalue weighted by Crippen LogP contribution is -2.43. The number of allylic oxidation sites excluding steroid dienone is 4. The molecular weight excluding hydrogens is 326 g/mol. The molecule has 0 aromatic heterocycles. The Balaban J connectivity index is 1.69.